The molecule has 0 spiro atoms. The summed E-state index contributed by atoms with van der Waals surface area (Å²) in [6.45, 7) is 2.45. The minimum absolute atomic E-state index is 0.0639. The Morgan fingerprint density at radius 2 is 2.33 bits per heavy atom. The van der Waals surface area contributed by atoms with Gasteiger partial charge in [0.15, 0.2) is 5.78 Å². The fourth-order valence-electron chi connectivity index (χ4n) is 1.21. The summed E-state index contributed by atoms with van der Waals surface area (Å²) in [5.41, 5.74) is 0.0639. The predicted molar refractivity (Wildman–Crippen MR) is 56.7 cm³/mol. The summed E-state index contributed by atoms with van der Waals surface area (Å²) in [7, 11) is 0. The van der Waals surface area contributed by atoms with Crippen LogP contribution in [0.4, 0.5) is 0 Å². The molecule has 0 aliphatic carbocycles. The van der Waals surface area contributed by atoms with Gasteiger partial charge in [0.25, 0.3) is 0 Å². The van der Waals surface area contributed by atoms with E-state index in [1.165, 1.54) is 12.4 Å². The molecule has 15 heavy (non-hydrogen) atoms. The van der Waals surface area contributed by atoms with Crippen LogP contribution < -0.4 is 0 Å². The minimum atomic E-state index is -0.548. The summed E-state index contributed by atoms with van der Waals surface area (Å²) in [6, 6.07) is 0. The summed E-state index contributed by atoms with van der Waals surface area (Å²) in [5, 5.41) is 0. The van der Waals surface area contributed by atoms with Crippen molar-refractivity contribution in [1.29, 1.82) is 0 Å². The molecule has 82 valence electrons. The van der Waals surface area contributed by atoms with Crippen LogP contribution in [-0.2, 0) is 14.3 Å². The Morgan fingerprint density at radius 1 is 1.53 bits per heavy atom. The maximum Gasteiger partial charge on any atom is 0.343 e. The van der Waals surface area contributed by atoms with E-state index in [1.54, 1.807) is 0 Å². The van der Waals surface area contributed by atoms with Crippen LogP contribution in [0.25, 0.3) is 0 Å². The van der Waals surface area contributed by atoms with Gasteiger partial charge in [-0.05, 0) is 6.42 Å². The van der Waals surface area contributed by atoms with Crippen molar-refractivity contribution in [3.63, 3.8) is 0 Å². The number of hydrogen-bond acceptors (Lipinski definition) is 4. The van der Waals surface area contributed by atoms with Crippen molar-refractivity contribution in [3.8, 4) is 0 Å². The second kappa shape index (κ2) is 6.11. The van der Waals surface area contributed by atoms with Crippen LogP contribution in [0.15, 0.2) is 16.8 Å². The molecule has 0 atom stereocenters. The highest BCUT2D eigenvalue weighted by atomic mass is 16.5. The Morgan fingerprint density at radius 3 is 3.00 bits per heavy atom. The van der Waals surface area contributed by atoms with Gasteiger partial charge >= 0.3 is 5.97 Å². The summed E-state index contributed by atoms with van der Waals surface area (Å²) in [5.74, 6) is -0.765. The van der Waals surface area contributed by atoms with Crippen molar-refractivity contribution in [2.75, 3.05) is 6.61 Å². The molecule has 0 aromatic rings. The van der Waals surface area contributed by atoms with Gasteiger partial charge in [-0.15, -0.1) is 0 Å². The number of ether oxygens (including phenoxy) is 1. The monoisotopic (exact) mass is 209 g/mol. The number of Topliss-reactive ketones (excluding diaryl/α,β-unsaturated/α-hetero) is 1. The fraction of sp³-hybridized carbons (Fsp3) is 0.545. The highest BCUT2D eigenvalue weighted by Gasteiger charge is 2.20. The summed E-state index contributed by atoms with van der Waals surface area (Å²) in [4.78, 5) is 26.4. The van der Waals surface area contributed by atoms with Gasteiger partial charge in [0.2, 0.25) is 0 Å². The van der Waals surface area contributed by atoms with Gasteiger partial charge in [-0.3, -0.25) is 9.79 Å². The molecule has 1 heterocycles. The zero-order valence-electron chi connectivity index (χ0n) is 8.86. The van der Waals surface area contributed by atoms with Crippen molar-refractivity contribution >= 4 is 18.0 Å². The van der Waals surface area contributed by atoms with Crippen LogP contribution in [0.5, 0.6) is 0 Å². The van der Waals surface area contributed by atoms with E-state index in [0.717, 1.165) is 19.3 Å². The topological polar surface area (TPSA) is 55.7 Å². The van der Waals surface area contributed by atoms with E-state index < -0.39 is 5.97 Å². The van der Waals surface area contributed by atoms with Crippen LogP contribution >= 0.6 is 0 Å². The average Bonchev–Trinajstić information content (AvgIpc) is 2.25. The van der Waals surface area contributed by atoms with Crippen molar-refractivity contribution in [1.82, 2.24) is 0 Å². The van der Waals surface area contributed by atoms with Crippen LogP contribution in [-0.4, -0.2) is 24.6 Å². The number of carbonyl (C=O) groups excluding carboxylic acids is 2. The Labute approximate surface area is 89.0 Å². The molecule has 0 radical (unpaired) electrons. The van der Waals surface area contributed by atoms with Gasteiger partial charge in [-0.25, -0.2) is 4.79 Å². The van der Waals surface area contributed by atoms with Gasteiger partial charge in [-0.2, -0.15) is 0 Å². The number of carbonyl (C=O) groups is 2. The molecule has 0 amide bonds. The summed E-state index contributed by atoms with van der Waals surface area (Å²) >= 11 is 0. The molecular formula is C11H15NO3. The minimum Gasteiger partial charge on any atom is -0.462 e. The van der Waals surface area contributed by atoms with Crippen LogP contribution in [0, 0.1) is 0 Å². The zero-order valence-corrected chi connectivity index (χ0v) is 8.86. The van der Waals surface area contributed by atoms with Crippen LogP contribution in [0.2, 0.25) is 0 Å². The van der Waals surface area contributed by atoms with Gasteiger partial charge in [-0.1, -0.05) is 19.8 Å². The molecule has 0 N–H and O–H groups in total. The first kappa shape index (κ1) is 11.6. The van der Waals surface area contributed by atoms with E-state index in [4.69, 9.17) is 4.74 Å². The maximum absolute atomic E-state index is 11.4. The van der Waals surface area contributed by atoms with E-state index in [0.29, 0.717) is 6.61 Å². The van der Waals surface area contributed by atoms with E-state index >= 15 is 0 Å². The molecule has 0 saturated carbocycles. The Hall–Kier alpha value is -1.45. The van der Waals surface area contributed by atoms with Crippen LogP contribution in [0.1, 0.15) is 32.6 Å². The van der Waals surface area contributed by atoms with E-state index in [9.17, 15) is 9.59 Å². The number of nitrogens with zero attached hydrogens (tertiary/aromatic N) is 1. The lowest BCUT2D eigenvalue weighted by atomic mass is 10.1. The lowest BCUT2D eigenvalue weighted by Gasteiger charge is -2.07. The zero-order chi connectivity index (χ0) is 11.1. The molecule has 1 aliphatic heterocycles. The number of hydrogen-bond donors (Lipinski definition) is 0. The number of esters is 1. The molecule has 0 fully saturated rings. The van der Waals surface area contributed by atoms with Gasteiger partial charge in [0, 0.05) is 18.8 Å². The SMILES string of the molecule is CCCCCOC(=O)C1=CN=CCC1=O. The lowest BCUT2D eigenvalue weighted by molar-refractivity contribution is -0.140. The molecule has 0 unspecified atom stereocenters. The third kappa shape index (κ3) is 3.65. The highest BCUT2D eigenvalue weighted by molar-refractivity contribution is 6.21. The first-order chi connectivity index (χ1) is 7.25. The molecular weight excluding hydrogens is 194 g/mol. The first-order valence-corrected chi connectivity index (χ1v) is 5.18. The Kier molecular flexibility index (Phi) is 4.74. The number of rotatable bonds is 5. The summed E-state index contributed by atoms with van der Waals surface area (Å²) < 4.78 is 4.95. The largest absolute Gasteiger partial charge is 0.462 e. The Balaban J connectivity index is 2.36. The van der Waals surface area contributed by atoms with Gasteiger partial charge < -0.3 is 4.74 Å². The smallest absolute Gasteiger partial charge is 0.343 e. The van der Waals surface area contributed by atoms with Gasteiger partial charge in [0.1, 0.15) is 5.57 Å². The average molecular weight is 209 g/mol. The number of ketones is 1. The molecule has 0 bridgehead atoms. The molecule has 4 nitrogen and oxygen atoms in total. The van der Waals surface area contributed by atoms with Crippen molar-refractivity contribution in [2.24, 2.45) is 4.99 Å². The number of unbranched alkanes of at least 4 members (excludes halogenated alkanes) is 2. The normalized spacial score (nSPS) is 15.0. The van der Waals surface area contributed by atoms with Crippen molar-refractivity contribution in [2.45, 2.75) is 32.6 Å². The standard InChI is InChI=1S/C11H15NO3/c1-2-3-4-7-15-11(14)9-8-12-6-5-10(9)13/h6,8H,2-5,7H2,1H3. The molecule has 1 aliphatic rings. The molecule has 0 aromatic heterocycles. The quantitative estimate of drug-likeness (QED) is 0.393. The first-order valence-electron chi connectivity index (χ1n) is 5.18. The third-order valence-electron chi connectivity index (χ3n) is 2.09. The van der Waals surface area contributed by atoms with Crippen LogP contribution in [0.3, 0.4) is 0 Å². The van der Waals surface area contributed by atoms with E-state index in [-0.39, 0.29) is 17.8 Å². The van der Waals surface area contributed by atoms with E-state index in [1.807, 2.05) is 0 Å². The second-order valence-electron chi connectivity index (χ2n) is 3.34. The summed E-state index contributed by atoms with van der Waals surface area (Å²) in [6.07, 6.45) is 5.88. The third-order valence-corrected chi connectivity index (χ3v) is 2.09. The van der Waals surface area contributed by atoms with Crippen molar-refractivity contribution < 1.29 is 14.3 Å². The molecule has 0 aromatic carbocycles. The lowest BCUT2D eigenvalue weighted by Crippen LogP contribution is -2.18. The van der Waals surface area contributed by atoms with E-state index in [2.05, 4.69) is 11.9 Å². The maximum atomic E-state index is 11.4. The predicted octanol–water partition coefficient (Wildman–Crippen LogP) is 1.65. The molecule has 0 saturated heterocycles. The fourth-order valence-corrected chi connectivity index (χ4v) is 1.21. The highest BCUT2D eigenvalue weighted by Crippen LogP contribution is 2.07. The molecule has 1 rings (SSSR count). The Bertz CT molecular complexity index is 305. The van der Waals surface area contributed by atoms with Gasteiger partial charge in [0.05, 0.1) is 6.61 Å². The molecule has 4 heteroatoms. The van der Waals surface area contributed by atoms with Crippen molar-refractivity contribution in [3.05, 3.63) is 11.8 Å². The number of aliphatic imine (C=N–C) groups is 1. The second-order valence-corrected chi connectivity index (χ2v) is 3.34.